The van der Waals surface area contributed by atoms with E-state index in [9.17, 15) is 14.9 Å². The summed E-state index contributed by atoms with van der Waals surface area (Å²) in [5.41, 5.74) is 14.9. The third-order valence-corrected chi connectivity index (χ3v) is 5.31. The standard InChI is InChI=1S/C16H20N2O5.C11H14N2O.2ClH/c1-10(17-15(19)23-16(2,3)4)7-12-9-13(18(20)21)8-11-5-6-22-14(11)12;1-7(12)4-9-6-10(13)5-8-2-3-14-11(8)9;;/h5-6,8-10H,7H2,1-4H3,(H,17,19);2-3,5-7H,4,12-13H2,1H3;2*1H. The molecular formula is C27H36Cl2N4O6. The minimum atomic E-state index is -0.580. The average Bonchev–Trinajstić information content (AvgIpc) is 3.41. The number of rotatable bonds is 6. The van der Waals surface area contributed by atoms with Crippen LogP contribution in [0, 0.1) is 10.1 Å². The lowest BCUT2D eigenvalue weighted by molar-refractivity contribution is -0.384. The van der Waals surface area contributed by atoms with E-state index in [-0.39, 0.29) is 42.6 Å². The normalized spacial score (nSPS) is 12.4. The maximum absolute atomic E-state index is 11.8. The van der Waals surface area contributed by atoms with E-state index in [1.54, 1.807) is 40.0 Å². The Kier molecular flexibility index (Phi) is 12.1. The molecule has 0 bridgehead atoms. The van der Waals surface area contributed by atoms with Gasteiger partial charge in [-0.15, -0.1) is 24.8 Å². The highest BCUT2D eigenvalue weighted by atomic mass is 35.5. The van der Waals surface area contributed by atoms with Gasteiger partial charge in [0.05, 0.1) is 17.4 Å². The Balaban J connectivity index is 0.000000409. The molecule has 0 radical (unpaired) electrons. The van der Waals surface area contributed by atoms with Gasteiger partial charge in [-0.2, -0.15) is 0 Å². The smallest absolute Gasteiger partial charge is 0.407 e. The van der Waals surface area contributed by atoms with E-state index in [0.717, 1.165) is 28.6 Å². The van der Waals surface area contributed by atoms with Gasteiger partial charge in [0.25, 0.3) is 5.69 Å². The molecule has 0 fully saturated rings. The molecule has 2 aromatic carbocycles. The molecule has 4 aromatic rings. The third-order valence-electron chi connectivity index (χ3n) is 5.31. The summed E-state index contributed by atoms with van der Waals surface area (Å²) >= 11 is 0. The monoisotopic (exact) mass is 582 g/mol. The third kappa shape index (κ3) is 9.65. The molecule has 12 heteroatoms. The van der Waals surface area contributed by atoms with Crippen molar-refractivity contribution in [2.75, 3.05) is 5.73 Å². The number of benzene rings is 2. The summed E-state index contributed by atoms with van der Waals surface area (Å²) in [5.74, 6) is 0. The first-order chi connectivity index (χ1) is 17.3. The topological polar surface area (TPSA) is 160 Å². The van der Waals surface area contributed by atoms with E-state index in [1.807, 2.05) is 25.1 Å². The van der Waals surface area contributed by atoms with Gasteiger partial charge in [0.2, 0.25) is 0 Å². The molecule has 0 aliphatic rings. The number of hydrogen-bond donors (Lipinski definition) is 3. The number of hydrogen-bond acceptors (Lipinski definition) is 8. The number of alkyl carbamates (subject to hydrolysis) is 1. The van der Waals surface area contributed by atoms with Crippen LogP contribution in [0.5, 0.6) is 0 Å². The van der Waals surface area contributed by atoms with Crippen molar-refractivity contribution in [3.63, 3.8) is 0 Å². The molecule has 2 heterocycles. The van der Waals surface area contributed by atoms with Crippen molar-refractivity contribution in [2.24, 2.45) is 5.73 Å². The number of amides is 1. The number of furan rings is 2. The SMILES string of the molecule is CC(Cc1cc([N+](=O)[O-])cc2ccoc12)NC(=O)OC(C)(C)C.CC(N)Cc1cc(N)cc2ccoc12.Cl.Cl. The zero-order valence-corrected chi connectivity index (χ0v) is 24.2. The predicted octanol–water partition coefficient (Wildman–Crippen LogP) is 6.55. The lowest BCUT2D eigenvalue weighted by Gasteiger charge is -2.22. The minimum absolute atomic E-state index is 0. The van der Waals surface area contributed by atoms with Gasteiger partial charge >= 0.3 is 6.09 Å². The van der Waals surface area contributed by atoms with Crippen LogP contribution in [0.25, 0.3) is 21.9 Å². The summed E-state index contributed by atoms with van der Waals surface area (Å²) in [6.07, 6.45) is 3.82. The molecule has 214 valence electrons. The number of nitro benzene ring substituents is 1. The van der Waals surface area contributed by atoms with Gasteiger partial charge in [-0.05, 0) is 77.3 Å². The molecule has 2 atom stereocenters. The van der Waals surface area contributed by atoms with Crippen LogP contribution in [0.1, 0.15) is 45.7 Å². The first kappa shape index (κ1) is 33.6. The summed E-state index contributed by atoms with van der Waals surface area (Å²) in [6, 6.07) is 10.2. The maximum atomic E-state index is 11.8. The van der Waals surface area contributed by atoms with E-state index in [2.05, 4.69) is 5.32 Å². The van der Waals surface area contributed by atoms with E-state index in [1.165, 1.54) is 18.4 Å². The van der Waals surface area contributed by atoms with E-state index >= 15 is 0 Å². The van der Waals surface area contributed by atoms with Crippen molar-refractivity contribution < 1.29 is 23.3 Å². The van der Waals surface area contributed by atoms with Crippen molar-refractivity contribution in [3.8, 4) is 0 Å². The second-order valence-electron chi connectivity index (χ2n) is 10.2. The average molecular weight is 584 g/mol. The van der Waals surface area contributed by atoms with E-state index in [4.69, 9.17) is 25.0 Å². The summed E-state index contributed by atoms with van der Waals surface area (Å²) < 4.78 is 16.0. The zero-order chi connectivity index (χ0) is 27.3. The van der Waals surface area contributed by atoms with Crippen molar-refractivity contribution in [1.82, 2.24) is 5.32 Å². The van der Waals surface area contributed by atoms with Gasteiger partial charge in [-0.1, -0.05) is 0 Å². The van der Waals surface area contributed by atoms with Crippen molar-refractivity contribution in [1.29, 1.82) is 0 Å². The van der Waals surface area contributed by atoms with Crippen LogP contribution in [0.3, 0.4) is 0 Å². The highest BCUT2D eigenvalue weighted by Gasteiger charge is 2.20. The molecule has 4 rings (SSSR count). The predicted molar refractivity (Wildman–Crippen MR) is 158 cm³/mol. The fourth-order valence-electron chi connectivity index (χ4n) is 3.97. The first-order valence-electron chi connectivity index (χ1n) is 12.0. The number of non-ortho nitro benzene ring substituents is 1. The summed E-state index contributed by atoms with van der Waals surface area (Å²) in [7, 11) is 0. The first-order valence-corrected chi connectivity index (χ1v) is 12.0. The Morgan fingerprint density at radius 3 is 2.05 bits per heavy atom. The van der Waals surface area contributed by atoms with Crippen LogP contribution in [-0.2, 0) is 17.6 Å². The van der Waals surface area contributed by atoms with Gasteiger partial charge < -0.3 is 30.4 Å². The van der Waals surface area contributed by atoms with Gasteiger partial charge in [0.1, 0.15) is 16.8 Å². The summed E-state index contributed by atoms with van der Waals surface area (Å²) in [6.45, 7) is 9.12. The molecule has 0 aliphatic heterocycles. The lowest BCUT2D eigenvalue weighted by atomic mass is 10.0. The van der Waals surface area contributed by atoms with Gasteiger partial charge in [0, 0.05) is 46.2 Å². The number of nitrogen functional groups attached to an aromatic ring is 1. The molecular weight excluding hydrogens is 547 g/mol. The van der Waals surface area contributed by atoms with Crippen LogP contribution in [-0.4, -0.2) is 28.7 Å². The number of fused-ring (bicyclic) bond motifs is 2. The highest BCUT2D eigenvalue weighted by molar-refractivity contribution is 5.86. The number of anilines is 1. The molecule has 2 aromatic heterocycles. The number of nitrogens with zero attached hydrogens (tertiary/aromatic N) is 1. The maximum Gasteiger partial charge on any atom is 0.407 e. The van der Waals surface area contributed by atoms with Gasteiger partial charge in [-0.25, -0.2) is 4.79 Å². The van der Waals surface area contributed by atoms with Gasteiger partial charge in [0.15, 0.2) is 0 Å². The van der Waals surface area contributed by atoms with Crippen molar-refractivity contribution in [2.45, 2.75) is 65.1 Å². The molecule has 1 amide bonds. The molecule has 0 aliphatic carbocycles. The Labute approximate surface area is 239 Å². The minimum Gasteiger partial charge on any atom is -0.464 e. The second-order valence-corrected chi connectivity index (χ2v) is 10.2. The number of halogens is 2. The number of nitro groups is 1. The number of nitrogens with one attached hydrogen (secondary N) is 1. The van der Waals surface area contributed by atoms with Gasteiger partial charge in [-0.3, -0.25) is 10.1 Å². The molecule has 2 unspecified atom stereocenters. The molecule has 5 N–H and O–H groups in total. The molecule has 0 saturated carbocycles. The summed E-state index contributed by atoms with van der Waals surface area (Å²) in [4.78, 5) is 22.4. The Morgan fingerprint density at radius 2 is 1.54 bits per heavy atom. The molecule has 10 nitrogen and oxygen atoms in total. The fraction of sp³-hybridized carbons (Fsp3) is 0.370. The van der Waals surface area contributed by atoms with Crippen LogP contribution in [0.4, 0.5) is 16.2 Å². The van der Waals surface area contributed by atoms with Crippen molar-refractivity contribution in [3.05, 3.63) is 70.2 Å². The number of carbonyl (C=O) groups is 1. The number of ether oxygens (including phenoxy) is 1. The van der Waals surface area contributed by atoms with Crippen LogP contribution >= 0.6 is 24.8 Å². The number of carbonyl (C=O) groups excluding carboxylic acids is 1. The summed E-state index contributed by atoms with van der Waals surface area (Å²) in [5, 5.41) is 15.4. The fourth-order valence-corrected chi connectivity index (χ4v) is 3.97. The Bertz CT molecular complexity index is 1390. The van der Waals surface area contributed by atoms with Crippen LogP contribution in [0.2, 0.25) is 0 Å². The molecule has 39 heavy (non-hydrogen) atoms. The number of nitrogens with two attached hydrogens (primary N) is 2. The van der Waals surface area contributed by atoms with Crippen LogP contribution in [0.15, 0.2) is 57.8 Å². The highest BCUT2D eigenvalue weighted by Crippen LogP contribution is 2.27. The van der Waals surface area contributed by atoms with Crippen LogP contribution < -0.4 is 16.8 Å². The van der Waals surface area contributed by atoms with E-state index in [0.29, 0.717) is 23.0 Å². The quantitative estimate of drug-likeness (QED) is 0.131. The molecule has 0 spiro atoms. The lowest BCUT2D eigenvalue weighted by Crippen LogP contribution is -2.38. The van der Waals surface area contributed by atoms with Crippen molar-refractivity contribution >= 4 is 64.2 Å². The molecule has 0 saturated heterocycles. The Hall–Kier alpha value is -3.47. The van der Waals surface area contributed by atoms with E-state index < -0.39 is 16.6 Å². The second kappa shape index (κ2) is 14.1. The largest absolute Gasteiger partial charge is 0.464 e. The zero-order valence-electron chi connectivity index (χ0n) is 22.6. The Morgan fingerprint density at radius 1 is 1.00 bits per heavy atom.